The molecule has 0 radical (unpaired) electrons. The van der Waals surface area contributed by atoms with Gasteiger partial charge in [-0.2, -0.15) is 5.26 Å². The highest BCUT2D eigenvalue weighted by Crippen LogP contribution is 2.31. The van der Waals surface area contributed by atoms with Crippen molar-refractivity contribution < 1.29 is 19.4 Å². The Morgan fingerprint density at radius 3 is 2.71 bits per heavy atom. The molecule has 2 aromatic carbocycles. The van der Waals surface area contributed by atoms with E-state index in [2.05, 4.69) is 16.0 Å². The number of piperidine rings is 1. The van der Waals surface area contributed by atoms with Gasteiger partial charge in [-0.15, -0.1) is 0 Å². The lowest BCUT2D eigenvalue weighted by atomic mass is 9.89. The molecule has 7 nitrogen and oxygen atoms in total. The Labute approximate surface area is 204 Å². The van der Waals surface area contributed by atoms with Gasteiger partial charge in [0.1, 0.15) is 18.4 Å². The van der Waals surface area contributed by atoms with Crippen molar-refractivity contribution in [2.45, 2.75) is 38.9 Å². The first-order valence-electron chi connectivity index (χ1n) is 12.0. The van der Waals surface area contributed by atoms with E-state index >= 15 is 0 Å². The highest BCUT2D eigenvalue weighted by atomic mass is 16.5. The van der Waals surface area contributed by atoms with E-state index in [4.69, 9.17) is 4.74 Å². The van der Waals surface area contributed by atoms with E-state index in [1.165, 1.54) is 6.20 Å². The number of ketones is 1. The molecule has 1 atom stereocenters. The van der Waals surface area contributed by atoms with Crippen molar-refractivity contribution in [2.24, 2.45) is 5.92 Å². The number of nitrogens with zero attached hydrogens (tertiary/aromatic N) is 3. The summed E-state index contributed by atoms with van der Waals surface area (Å²) in [6.45, 7) is 4.32. The van der Waals surface area contributed by atoms with Crippen molar-refractivity contribution in [3.63, 3.8) is 0 Å². The summed E-state index contributed by atoms with van der Waals surface area (Å²) >= 11 is 0. The molecule has 0 bridgehead atoms. The number of ether oxygens (including phenoxy) is 1. The first-order chi connectivity index (χ1) is 17.0. The number of carbonyl (C=O) groups excluding carboxylic acids is 2. The predicted molar refractivity (Wildman–Crippen MR) is 130 cm³/mol. The topological polar surface area (TPSA) is 104 Å². The number of Topliss-reactive ketones (excluding diaryl/α,β-unsaturated/α-hetero) is 1. The Bertz CT molecular complexity index is 1350. The number of aliphatic hydroxyl groups is 1. The van der Waals surface area contributed by atoms with Crippen LogP contribution in [0.5, 0.6) is 0 Å². The van der Waals surface area contributed by atoms with Gasteiger partial charge in [-0.3, -0.25) is 9.78 Å². The van der Waals surface area contributed by atoms with Gasteiger partial charge in [0.2, 0.25) is 0 Å². The van der Waals surface area contributed by atoms with Gasteiger partial charge in [0.05, 0.1) is 17.2 Å². The van der Waals surface area contributed by atoms with Gasteiger partial charge in [-0.25, -0.2) is 4.79 Å². The van der Waals surface area contributed by atoms with Gasteiger partial charge >= 0.3 is 5.97 Å². The molecule has 1 aromatic heterocycles. The van der Waals surface area contributed by atoms with E-state index in [0.29, 0.717) is 29.8 Å². The molecular formula is C28H27N3O4. The van der Waals surface area contributed by atoms with E-state index < -0.39 is 6.10 Å². The van der Waals surface area contributed by atoms with Crippen molar-refractivity contribution in [1.82, 2.24) is 9.88 Å². The quantitative estimate of drug-likeness (QED) is 0.428. The Morgan fingerprint density at radius 1 is 1.23 bits per heavy atom. The molecule has 178 valence electrons. The molecule has 3 heterocycles. The average molecular weight is 470 g/mol. The first kappa shape index (κ1) is 23.2. The summed E-state index contributed by atoms with van der Waals surface area (Å²) in [7, 11) is 0. The molecular weight excluding hydrogens is 442 g/mol. The van der Waals surface area contributed by atoms with E-state index in [0.717, 1.165) is 53.4 Å². The number of aromatic nitrogens is 1. The summed E-state index contributed by atoms with van der Waals surface area (Å²) in [6, 6.07) is 13.1. The summed E-state index contributed by atoms with van der Waals surface area (Å²) < 4.78 is 5.12. The zero-order valence-corrected chi connectivity index (χ0v) is 19.7. The smallest absolute Gasteiger partial charge is 0.338 e. The number of esters is 1. The number of hydrogen-bond donors (Lipinski definition) is 1. The summed E-state index contributed by atoms with van der Waals surface area (Å²) in [5, 5.41) is 21.7. The molecule has 2 aliphatic rings. The number of nitriles is 1. The number of carbonyl (C=O) groups is 2. The lowest BCUT2D eigenvalue weighted by molar-refractivity contribution is 0.0534. The monoisotopic (exact) mass is 469 g/mol. The number of pyridine rings is 1. The zero-order valence-electron chi connectivity index (χ0n) is 19.7. The molecule has 3 aromatic rings. The third-order valence-electron chi connectivity index (χ3n) is 7.36. The summed E-state index contributed by atoms with van der Waals surface area (Å²) in [5.41, 5.74) is 4.12. The maximum atomic E-state index is 13.1. The van der Waals surface area contributed by atoms with Crippen LogP contribution < -0.4 is 0 Å². The van der Waals surface area contributed by atoms with Crippen molar-refractivity contribution in [3.8, 4) is 6.07 Å². The molecule has 0 unspecified atom stereocenters. The minimum Gasteiger partial charge on any atom is -0.457 e. The highest BCUT2D eigenvalue weighted by molar-refractivity contribution is 6.07. The van der Waals surface area contributed by atoms with E-state index in [1.807, 2.05) is 37.3 Å². The zero-order chi connectivity index (χ0) is 24.5. The van der Waals surface area contributed by atoms with E-state index in [1.54, 1.807) is 6.07 Å². The largest absolute Gasteiger partial charge is 0.457 e. The summed E-state index contributed by atoms with van der Waals surface area (Å²) in [6.07, 6.45) is 3.01. The van der Waals surface area contributed by atoms with Crippen molar-refractivity contribution >= 4 is 22.5 Å². The molecule has 35 heavy (non-hydrogen) atoms. The molecule has 5 rings (SSSR count). The van der Waals surface area contributed by atoms with Crippen LogP contribution in [0.2, 0.25) is 0 Å². The summed E-state index contributed by atoms with van der Waals surface area (Å²) in [5.74, 6) is -0.0309. The molecule has 0 saturated carbocycles. The number of benzene rings is 2. The first-order valence-corrected chi connectivity index (χ1v) is 12.0. The number of β-amino-alcohol motifs (C(OH)–C–C–N with tert-alkyl or cyclic N) is 1. The Balaban J connectivity index is 1.20. The van der Waals surface area contributed by atoms with Crippen molar-refractivity contribution in [3.05, 3.63) is 76.1 Å². The van der Waals surface area contributed by atoms with Crippen molar-refractivity contribution in [1.29, 1.82) is 5.26 Å². The summed E-state index contributed by atoms with van der Waals surface area (Å²) in [4.78, 5) is 31.4. The number of aliphatic hydroxyl groups excluding tert-OH is 1. The normalized spacial score (nSPS) is 17.1. The van der Waals surface area contributed by atoms with Gasteiger partial charge in [0.25, 0.3) is 0 Å². The van der Waals surface area contributed by atoms with Crippen LogP contribution in [0.4, 0.5) is 0 Å². The van der Waals surface area contributed by atoms with Gasteiger partial charge in [-0.1, -0.05) is 30.3 Å². The molecule has 1 fully saturated rings. The molecule has 1 N–H and O–H groups in total. The number of likely N-dealkylation sites (tertiary alicyclic amines) is 1. The van der Waals surface area contributed by atoms with Crippen LogP contribution in [0.25, 0.3) is 10.8 Å². The number of cyclic esters (lactones) is 1. The minimum atomic E-state index is -0.650. The second-order valence-electron chi connectivity index (χ2n) is 9.45. The molecule has 0 spiro atoms. The third-order valence-corrected chi connectivity index (χ3v) is 7.36. The van der Waals surface area contributed by atoms with Crippen LogP contribution in [-0.2, 0) is 11.3 Å². The van der Waals surface area contributed by atoms with Crippen LogP contribution in [0.1, 0.15) is 68.5 Å². The SMILES string of the molecule is Cc1c([C@@H](O)CN2CCC(CC(=O)c3ncc(C#N)c4ccccc34)CC2)ccc2c1COC2=O. The van der Waals surface area contributed by atoms with Gasteiger partial charge in [0.15, 0.2) is 5.78 Å². The maximum Gasteiger partial charge on any atom is 0.338 e. The minimum absolute atomic E-state index is 0.00899. The van der Waals surface area contributed by atoms with E-state index in [9.17, 15) is 20.0 Å². The van der Waals surface area contributed by atoms with Crippen LogP contribution in [0.3, 0.4) is 0 Å². The fourth-order valence-electron chi connectivity index (χ4n) is 5.31. The maximum absolute atomic E-state index is 13.1. The van der Waals surface area contributed by atoms with Gasteiger partial charge in [0, 0.05) is 35.5 Å². The predicted octanol–water partition coefficient (Wildman–Crippen LogP) is 4.10. The lowest BCUT2D eigenvalue weighted by Gasteiger charge is -2.33. The van der Waals surface area contributed by atoms with Gasteiger partial charge in [-0.05, 0) is 56.0 Å². The Morgan fingerprint density at radius 2 is 1.97 bits per heavy atom. The van der Waals surface area contributed by atoms with Gasteiger partial charge < -0.3 is 14.7 Å². The van der Waals surface area contributed by atoms with Crippen LogP contribution in [0, 0.1) is 24.2 Å². The third kappa shape index (κ3) is 4.43. The number of hydrogen-bond acceptors (Lipinski definition) is 7. The standard InChI is InChI=1S/C28H27N3O4/c1-17-20(6-7-23-24(17)16-35-28(23)34)26(33)15-31-10-8-18(9-11-31)12-25(32)27-22-5-3-2-4-21(22)19(13-29)14-30-27/h2-7,14,18,26,33H,8-12,15-16H2,1H3/t26-/m0/s1. The second-order valence-corrected chi connectivity index (χ2v) is 9.45. The second kappa shape index (κ2) is 9.57. The lowest BCUT2D eigenvalue weighted by Crippen LogP contribution is -2.37. The van der Waals surface area contributed by atoms with Crippen molar-refractivity contribution in [2.75, 3.05) is 19.6 Å². The molecule has 0 amide bonds. The fourth-order valence-corrected chi connectivity index (χ4v) is 5.31. The number of rotatable bonds is 6. The molecule has 0 aliphatic carbocycles. The van der Waals surface area contributed by atoms with Crippen LogP contribution in [0.15, 0.2) is 42.6 Å². The fraction of sp³-hybridized carbons (Fsp3) is 0.357. The van der Waals surface area contributed by atoms with Crippen LogP contribution in [-0.4, -0.2) is 46.4 Å². The van der Waals surface area contributed by atoms with Crippen LogP contribution >= 0.6 is 0 Å². The highest BCUT2D eigenvalue weighted by Gasteiger charge is 2.28. The average Bonchev–Trinajstić information content (AvgIpc) is 3.26. The molecule has 7 heteroatoms. The molecule has 1 saturated heterocycles. The Hall–Kier alpha value is -3.60. The van der Waals surface area contributed by atoms with E-state index in [-0.39, 0.29) is 24.3 Å². The number of fused-ring (bicyclic) bond motifs is 2. The molecule has 2 aliphatic heterocycles. The Kier molecular flexibility index (Phi) is 6.33.